The summed E-state index contributed by atoms with van der Waals surface area (Å²) in [6.45, 7) is 6.83. The summed E-state index contributed by atoms with van der Waals surface area (Å²) in [6.07, 6.45) is 0.924. The molecule has 8 heteroatoms. The van der Waals surface area contributed by atoms with Crippen LogP contribution in [0.1, 0.15) is 26.3 Å². The molecule has 31 heavy (non-hydrogen) atoms. The van der Waals surface area contributed by atoms with Crippen LogP contribution >= 0.6 is 11.8 Å². The molecule has 0 saturated heterocycles. The van der Waals surface area contributed by atoms with Crippen LogP contribution in [-0.2, 0) is 11.2 Å². The highest BCUT2D eigenvalue weighted by Gasteiger charge is 2.18. The molecule has 2 heterocycles. The molecule has 0 atom stereocenters. The van der Waals surface area contributed by atoms with E-state index in [1.54, 1.807) is 10.6 Å². The average Bonchev–Trinajstić information content (AvgIpc) is 3.20. The first-order valence-corrected chi connectivity index (χ1v) is 11.4. The van der Waals surface area contributed by atoms with Gasteiger partial charge in [0.25, 0.3) is 5.56 Å². The number of rotatable bonds is 7. The van der Waals surface area contributed by atoms with Gasteiger partial charge >= 0.3 is 0 Å². The van der Waals surface area contributed by atoms with Crippen molar-refractivity contribution >= 4 is 34.3 Å². The summed E-state index contributed by atoms with van der Waals surface area (Å²) in [7, 11) is 0. The number of hydrogen-bond donors (Lipinski definition) is 1. The smallest absolute Gasteiger partial charge is 0.267 e. The number of aromatic nitrogens is 4. The zero-order chi connectivity index (χ0) is 22.0. The van der Waals surface area contributed by atoms with Gasteiger partial charge in [-0.3, -0.25) is 14.0 Å². The minimum Gasteiger partial charge on any atom is -0.355 e. The Balaban J connectivity index is 1.81. The lowest BCUT2D eigenvalue weighted by Gasteiger charge is -2.12. The van der Waals surface area contributed by atoms with Gasteiger partial charge in [0.05, 0.1) is 22.3 Å². The van der Waals surface area contributed by atoms with E-state index in [9.17, 15) is 9.59 Å². The topological polar surface area (TPSA) is 81.3 Å². The summed E-state index contributed by atoms with van der Waals surface area (Å²) in [5.74, 6) is 0.994. The van der Waals surface area contributed by atoms with Crippen molar-refractivity contribution < 1.29 is 4.79 Å². The molecule has 0 saturated carbocycles. The number of hydrogen-bond acceptors (Lipinski definition) is 5. The zero-order valence-corrected chi connectivity index (χ0v) is 18.6. The van der Waals surface area contributed by atoms with E-state index in [4.69, 9.17) is 0 Å². The number of aryl methyl sites for hydroxylation is 1. The zero-order valence-electron chi connectivity index (χ0n) is 17.8. The van der Waals surface area contributed by atoms with Crippen LogP contribution in [0, 0.1) is 5.92 Å². The number of carbonyl (C=O) groups is 1. The Hall–Kier alpha value is -3.13. The second-order valence-corrected chi connectivity index (χ2v) is 8.72. The van der Waals surface area contributed by atoms with Crippen molar-refractivity contribution in [2.24, 2.45) is 5.92 Å². The highest BCUT2D eigenvalue weighted by atomic mass is 32.2. The third-order valence-electron chi connectivity index (χ3n) is 5.04. The molecule has 2 aromatic heterocycles. The van der Waals surface area contributed by atoms with E-state index in [1.807, 2.05) is 46.9 Å². The van der Waals surface area contributed by atoms with Crippen molar-refractivity contribution in [3.8, 4) is 5.69 Å². The van der Waals surface area contributed by atoms with Gasteiger partial charge in [0, 0.05) is 6.54 Å². The number of thioether (sulfide) groups is 1. The number of fused-ring (bicyclic) bond motifs is 3. The summed E-state index contributed by atoms with van der Waals surface area (Å²) in [5.41, 5.74) is 2.50. The molecule has 0 aliphatic carbocycles. The first kappa shape index (κ1) is 21.1. The summed E-state index contributed by atoms with van der Waals surface area (Å²) >= 11 is 1.31. The Labute approximate surface area is 184 Å². The summed E-state index contributed by atoms with van der Waals surface area (Å²) < 4.78 is 3.43. The van der Waals surface area contributed by atoms with Crippen LogP contribution in [0.15, 0.2) is 58.5 Å². The van der Waals surface area contributed by atoms with Crippen LogP contribution in [-0.4, -0.2) is 37.4 Å². The molecule has 0 aliphatic heterocycles. The fraction of sp³-hybridized carbons (Fsp3) is 0.304. The first-order valence-electron chi connectivity index (χ1n) is 10.4. The van der Waals surface area contributed by atoms with Crippen LogP contribution in [0.3, 0.4) is 0 Å². The van der Waals surface area contributed by atoms with Crippen molar-refractivity contribution in [1.82, 2.24) is 24.5 Å². The number of nitrogens with zero attached hydrogens (tertiary/aromatic N) is 4. The van der Waals surface area contributed by atoms with Gasteiger partial charge in [-0.25, -0.2) is 4.57 Å². The largest absolute Gasteiger partial charge is 0.355 e. The highest BCUT2D eigenvalue weighted by molar-refractivity contribution is 7.99. The number of nitrogens with one attached hydrogen (secondary N) is 1. The quantitative estimate of drug-likeness (QED) is 0.450. The predicted octanol–water partition coefficient (Wildman–Crippen LogP) is 3.46. The minimum absolute atomic E-state index is 0.0526. The molecule has 0 bridgehead atoms. The van der Waals surface area contributed by atoms with Gasteiger partial charge in [-0.05, 0) is 42.2 Å². The number of benzene rings is 2. The molecule has 0 radical (unpaired) electrons. The van der Waals surface area contributed by atoms with E-state index in [0.29, 0.717) is 28.8 Å². The SMILES string of the molecule is CCc1ccc(-n2c(=O)c3ccccc3n3c(SCC(=O)NCC(C)C)nnc23)cc1. The number of para-hydroxylation sites is 1. The van der Waals surface area contributed by atoms with E-state index >= 15 is 0 Å². The van der Waals surface area contributed by atoms with E-state index in [1.165, 1.54) is 17.3 Å². The van der Waals surface area contributed by atoms with E-state index in [0.717, 1.165) is 17.6 Å². The van der Waals surface area contributed by atoms with Gasteiger partial charge in [0.15, 0.2) is 5.16 Å². The minimum atomic E-state index is -0.147. The molecule has 7 nitrogen and oxygen atoms in total. The van der Waals surface area contributed by atoms with Gasteiger partial charge in [-0.1, -0.05) is 56.8 Å². The molecule has 160 valence electrons. The van der Waals surface area contributed by atoms with Crippen LogP contribution in [0.2, 0.25) is 0 Å². The second kappa shape index (κ2) is 8.93. The third kappa shape index (κ3) is 4.20. The second-order valence-electron chi connectivity index (χ2n) is 7.78. The third-order valence-corrected chi connectivity index (χ3v) is 5.97. The summed E-state index contributed by atoms with van der Waals surface area (Å²) in [5, 5.41) is 12.7. The first-order chi connectivity index (χ1) is 15.0. The van der Waals surface area contributed by atoms with Crippen molar-refractivity contribution in [2.45, 2.75) is 32.3 Å². The summed E-state index contributed by atoms with van der Waals surface area (Å²) in [6, 6.07) is 15.3. The van der Waals surface area contributed by atoms with E-state index in [2.05, 4.69) is 36.3 Å². The Morgan fingerprint density at radius 2 is 1.84 bits per heavy atom. The Bertz CT molecular complexity index is 1290. The van der Waals surface area contributed by atoms with Gasteiger partial charge in [0.2, 0.25) is 11.7 Å². The van der Waals surface area contributed by atoms with Crippen molar-refractivity contribution in [3.05, 3.63) is 64.4 Å². The molecular formula is C23H25N5O2S. The monoisotopic (exact) mass is 435 g/mol. The Kier molecular flexibility index (Phi) is 6.08. The van der Waals surface area contributed by atoms with Gasteiger partial charge in [0.1, 0.15) is 0 Å². The van der Waals surface area contributed by atoms with Gasteiger partial charge in [-0.15, -0.1) is 10.2 Å². The standard InChI is InChI=1S/C23H25N5O2S/c1-4-16-9-11-17(12-10-16)27-21(30)18-7-5-6-8-19(18)28-22(27)25-26-23(28)31-14-20(29)24-13-15(2)3/h5-12,15H,4,13-14H2,1-3H3,(H,24,29). The normalized spacial score (nSPS) is 11.5. The van der Waals surface area contributed by atoms with Crippen LogP contribution in [0.25, 0.3) is 22.4 Å². The fourth-order valence-electron chi connectivity index (χ4n) is 3.38. The van der Waals surface area contributed by atoms with Crippen LogP contribution < -0.4 is 10.9 Å². The highest BCUT2D eigenvalue weighted by Crippen LogP contribution is 2.23. The molecule has 2 aromatic carbocycles. The molecule has 0 unspecified atom stereocenters. The molecule has 0 aliphatic rings. The van der Waals surface area contributed by atoms with Gasteiger partial charge in [-0.2, -0.15) is 0 Å². The van der Waals surface area contributed by atoms with Crippen molar-refractivity contribution in [2.75, 3.05) is 12.3 Å². The molecule has 4 aromatic rings. The van der Waals surface area contributed by atoms with Crippen molar-refractivity contribution in [3.63, 3.8) is 0 Å². The Morgan fingerprint density at radius 1 is 1.10 bits per heavy atom. The molecule has 1 amide bonds. The molecule has 0 spiro atoms. The number of amides is 1. The molecule has 4 rings (SSSR count). The predicted molar refractivity (Wildman–Crippen MR) is 124 cm³/mol. The maximum Gasteiger partial charge on any atom is 0.267 e. The lowest BCUT2D eigenvalue weighted by Crippen LogP contribution is -2.28. The molecule has 1 N–H and O–H groups in total. The van der Waals surface area contributed by atoms with E-state index < -0.39 is 0 Å². The number of carbonyl (C=O) groups excluding carboxylic acids is 1. The van der Waals surface area contributed by atoms with Crippen LogP contribution in [0.5, 0.6) is 0 Å². The molecule has 0 fully saturated rings. The lowest BCUT2D eigenvalue weighted by atomic mass is 10.1. The van der Waals surface area contributed by atoms with E-state index in [-0.39, 0.29) is 17.2 Å². The lowest BCUT2D eigenvalue weighted by molar-refractivity contribution is -0.118. The average molecular weight is 436 g/mol. The summed E-state index contributed by atoms with van der Waals surface area (Å²) in [4.78, 5) is 25.5. The fourth-order valence-corrected chi connectivity index (χ4v) is 4.15. The maximum absolute atomic E-state index is 13.3. The van der Waals surface area contributed by atoms with Crippen molar-refractivity contribution in [1.29, 1.82) is 0 Å². The Morgan fingerprint density at radius 3 is 2.55 bits per heavy atom. The van der Waals surface area contributed by atoms with Gasteiger partial charge < -0.3 is 5.32 Å². The van der Waals surface area contributed by atoms with Crippen LogP contribution in [0.4, 0.5) is 0 Å². The maximum atomic E-state index is 13.3. The molecular weight excluding hydrogens is 410 g/mol.